The fourth-order valence-corrected chi connectivity index (χ4v) is 2.36. The van der Waals surface area contributed by atoms with Gasteiger partial charge in [-0.15, -0.1) is 0 Å². The van der Waals surface area contributed by atoms with Gasteiger partial charge in [-0.05, 0) is 12.1 Å². The summed E-state index contributed by atoms with van der Waals surface area (Å²) in [6.45, 7) is 4.13. The van der Waals surface area contributed by atoms with Gasteiger partial charge < -0.3 is 14.0 Å². The summed E-state index contributed by atoms with van der Waals surface area (Å²) < 4.78 is 12.2. The average molecular weight is 260 g/mol. The summed E-state index contributed by atoms with van der Waals surface area (Å²) >= 11 is 0. The van der Waals surface area contributed by atoms with Gasteiger partial charge in [-0.1, -0.05) is 6.92 Å². The summed E-state index contributed by atoms with van der Waals surface area (Å²) in [6.07, 6.45) is 1.37. The Hall–Kier alpha value is -1.88. The van der Waals surface area contributed by atoms with Gasteiger partial charge in [0.25, 0.3) is 5.56 Å². The minimum absolute atomic E-state index is 0.0290. The van der Waals surface area contributed by atoms with Gasteiger partial charge in [0.15, 0.2) is 0 Å². The monoisotopic (exact) mass is 260 g/mol. The van der Waals surface area contributed by atoms with Crippen molar-refractivity contribution in [3.8, 4) is 5.75 Å². The summed E-state index contributed by atoms with van der Waals surface area (Å²) in [5, 5.41) is 0. The smallest absolute Gasteiger partial charge is 0.269 e. The molecule has 1 aliphatic heterocycles. The van der Waals surface area contributed by atoms with E-state index in [1.54, 1.807) is 11.7 Å². The molecule has 2 aromatic rings. The summed E-state index contributed by atoms with van der Waals surface area (Å²) in [5.41, 5.74) is 1.54. The highest BCUT2D eigenvalue weighted by molar-refractivity contribution is 5.76. The lowest BCUT2D eigenvalue weighted by Crippen LogP contribution is -2.45. The van der Waals surface area contributed by atoms with Gasteiger partial charge in [-0.2, -0.15) is 0 Å². The van der Waals surface area contributed by atoms with Gasteiger partial charge in [0.2, 0.25) is 0 Å². The van der Waals surface area contributed by atoms with Crippen molar-refractivity contribution < 1.29 is 9.47 Å². The molecular formula is C14H16N2O3. The highest BCUT2D eigenvalue weighted by Crippen LogP contribution is 2.29. The number of hydrogen-bond donors (Lipinski definition) is 0. The lowest BCUT2D eigenvalue weighted by Gasteiger charge is -2.38. The molecule has 0 aliphatic carbocycles. The molecule has 1 aromatic heterocycles. The van der Waals surface area contributed by atoms with Crippen LogP contribution in [-0.4, -0.2) is 29.9 Å². The maximum Gasteiger partial charge on any atom is 0.269 e. The first-order valence-corrected chi connectivity index (χ1v) is 6.23. The third-order valence-corrected chi connectivity index (χ3v) is 3.49. The topological polar surface area (TPSA) is 53.3 Å². The first-order valence-electron chi connectivity index (χ1n) is 6.23. The van der Waals surface area contributed by atoms with E-state index in [0.29, 0.717) is 19.8 Å². The molecule has 0 saturated carbocycles. The number of methoxy groups -OCH3 is 1. The van der Waals surface area contributed by atoms with Crippen molar-refractivity contribution in [2.75, 3.05) is 20.3 Å². The van der Waals surface area contributed by atoms with Gasteiger partial charge in [0.05, 0.1) is 37.6 Å². The second-order valence-electron chi connectivity index (χ2n) is 5.34. The van der Waals surface area contributed by atoms with E-state index in [1.807, 2.05) is 18.2 Å². The van der Waals surface area contributed by atoms with Gasteiger partial charge in [0, 0.05) is 18.0 Å². The highest BCUT2D eigenvalue weighted by Gasteiger charge is 2.34. The van der Waals surface area contributed by atoms with Crippen LogP contribution in [0.5, 0.6) is 5.75 Å². The maximum atomic E-state index is 12.1. The Morgan fingerprint density at radius 1 is 1.47 bits per heavy atom. The van der Waals surface area contributed by atoms with E-state index in [9.17, 15) is 4.79 Å². The van der Waals surface area contributed by atoms with Crippen LogP contribution < -0.4 is 10.3 Å². The summed E-state index contributed by atoms with van der Waals surface area (Å²) in [4.78, 5) is 16.2. The Labute approximate surface area is 110 Å². The van der Waals surface area contributed by atoms with Gasteiger partial charge in [0.1, 0.15) is 5.75 Å². The molecule has 0 atom stereocenters. The van der Waals surface area contributed by atoms with E-state index in [-0.39, 0.29) is 11.0 Å². The van der Waals surface area contributed by atoms with Crippen LogP contribution in [0.3, 0.4) is 0 Å². The largest absolute Gasteiger partial charge is 0.497 e. The van der Waals surface area contributed by atoms with Crippen LogP contribution in [0.2, 0.25) is 0 Å². The van der Waals surface area contributed by atoms with Gasteiger partial charge in [-0.25, -0.2) is 4.98 Å². The van der Waals surface area contributed by atoms with Crippen molar-refractivity contribution in [2.45, 2.75) is 13.5 Å². The third kappa shape index (κ3) is 2.10. The number of hydrogen-bond acceptors (Lipinski definition) is 4. The molecule has 1 fully saturated rings. The predicted molar refractivity (Wildman–Crippen MR) is 71.5 cm³/mol. The maximum absolute atomic E-state index is 12.1. The fourth-order valence-electron chi connectivity index (χ4n) is 2.36. The van der Waals surface area contributed by atoms with Crippen molar-refractivity contribution in [1.82, 2.24) is 9.55 Å². The number of benzene rings is 1. The van der Waals surface area contributed by atoms with Crippen molar-refractivity contribution in [1.29, 1.82) is 0 Å². The minimum atomic E-state index is -0.0890. The highest BCUT2D eigenvalue weighted by atomic mass is 16.5. The second kappa shape index (κ2) is 4.35. The number of aromatic nitrogens is 2. The molecule has 100 valence electrons. The molecule has 0 amide bonds. The average Bonchev–Trinajstić information content (AvgIpc) is 2.39. The van der Waals surface area contributed by atoms with E-state index in [1.165, 1.54) is 6.20 Å². The lowest BCUT2D eigenvalue weighted by atomic mass is 9.88. The first kappa shape index (κ1) is 12.2. The van der Waals surface area contributed by atoms with Gasteiger partial charge in [-0.3, -0.25) is 4.79 Å². The van der Waals surface area contributed by atoms with E-state index in [2.05, 4.69) is 11.9 Å². The molecule has 3 rings (SSSR count). The number of ether oxygens (including phenoxy) is 2. The summed E-state index contributed by atoms with van der Waals surface area (Å²) in [5.74, 6) is 0.726. The van der Waals surface area contributed by atoms with Crippen LogP contribution in [-0.2, 0) is 11.3 Å². The second-order valence-corrected chi connectivity index (χ2v) is 5.34. The fraction of sp³-hybridized carbons (Fsp3) is 0.429. The minimum Gasteiger partial charge on any atom is -0.497 e. The molecule has 19 heavy (non-hydrogen) atoms. The van der Waals surface area contributed by atoms with Crippen molar-refractivity contribution >= 4 is 11.0 Å². The SMILES string of the molecule is COc1ccc2ncc(=O)n(CC3(C)COC3)c2c1. The van der Waals surface area contributed by atoms with Crippen LogP contribution in [0, 0.1) is 5.41 Å². The Balaban J connectivity index is 2.14. The summed E-state index contributed by atoms with van der Waals surface area (Å²) in [7, 11) is 1.61. The van der Waals surface area contributed by atoms with E-state index in [0.717, 1.165) is 16.8 Å². The molecule has 5 nitrogen and oxygen atoms in total. The molecule has 1 aromatic carbocycles. The van der Waals surface area contributed by atoms with E-state index >= 15 is 0 Å². The van der Waals surface area contributed by atoms with Crippen molar-refractivity contribution in [3.05, 3.63) is 34.7 Å². The Bertz CT molecular complexity index is 674. The Morgan fingerprint density at radius 3 is 2.89 bits per heavy atom. The number of rotatable bonds is 3. The van der Waals surface area contributed by atoms with Crippen LogP contribution in [0.1, 0.15) is 6.92 Å². The van der Waals surface area contributed by atoms with Crippen LogP contribution in [0.4, 0.5) is 0 Å². The molecule has 2 heterocycles. The normalized spacial score (nSPS) is 17.2. The molecule has 0 bridgehead atoms. The standard InChI is InChI=1S/C14H16N2O3/c1-14(8-19-9-14)7-16-12-5-10(18-2)3-4-11(12)15-6-13(16)17/h3-6H,7-9H2,1-2H3. The predicted octanol–water partition coefficient (Wildman–Crippen LogP) is 1.44. The zero-order valence-electron chi connectivity index (χ0n) is 11.0. The van der Waals surface area contributed by atoms with Crippen LogP contribution >= 0.6 is 0 Å². The van der Waals surface area contributed by atoms with E-state index in [4.69, 9.17) is 9.47 Å². The molecule has 1 aliphatic rings. The first-order chi connectivity index (χ1) is 9.11. The molecule has 0 unspecified atom stereocenters. The van der Waals surface area contributed by atoms with Gasteiger partial charge >= 0.3 is 0 Å². The Morgan fingerprint density at radius 2 is 2.26 bits per heavy atom. The summed E-state index contributed by atoms with van der Waals surface area (Å²) in [6, 6.07) is 5.56. The number of nitrogens with zero attached hydrogens (tertiary/aromatic N) is 2. The molecule has 0 radical (unpaired) electrons. The molecule has 0 N–H and O–H groups in total. The molecule has 5 heteroatoms. The van der Waals surface area contributed by atoms with Crippen molar-refractivity contribution in [3.63, 3.8) is 0 Å². The van der Waals surface area contributed by atoms with Crippen LogP contribution in [0.15, 0.2) is 29.2 Å². The lowest BCUT2D eigenvalue weighted by molar-refractivity contribution is -0.110. The number of fused-ring (bicyclic) bond motifs is 1. The zero-order chi connectivity index (χ0) is 13.5. The van der Waals surface area contributed by atoms with Crippen LogP contribution in [0.25, 0.3) is 11.0 Å². The quantitative estimate of drug-likeness (QED) is 0.838. The van der Waals surface area contributed by atoms with E-state index < -0.39 is 0 Å². The zero-order valence-corrected chi connectivity index (χ0v) is 11.0. The van der Waals surface area contributed by atoms with Crippen molar-refractivity contribution in [2.24, 2.45) is 5.41 Å². The molecule has 1 saturated heterocycles. The third-order valence-electron chi connectivity index (χ3n) is 3.49. The Kier molecular flexibility index (Phi) is 2.78. The molecular weight excluding hydrogens is 244 g/mol. The molecule has 0 spiro atoms.